The van der Waals surface area contributed by atoms with Crippen LogP contribution in [0, 0.1) is 0 Å². The highest BCUT2D eigenvalue weighted by atomic mass is 35.5. The fourth-order valence-corrected chi connectivity index (χ4v) is 2.26. The van der Waals surface area contributed by atoms with Crippen LogP contribution in [0.4, 0.5) is 10.5 Å². The summed E-state index contributed by atoms with van der Waals surface area (Å²) in [6, 6.07) is 5.46. The van der Waals surface area contributed by atoms with Crippen LogP contribution in [0.1, 0.15) is 13.3 Å². The van der Waals surface area contributed by atoms with Gasteiger partial charge in [-0.2, -0.15) is 0 Å². The summed E-state index contributed by atoms with van der Waals surface area (Å²) in [5, 5.41) is 12.5. The molecule has 0 saturated heterocycles. The Kier molecular flexibility index (Phi) is 3.24. The number of aryl methyl sites for hydroxylation is 1. The third kappa shape index (κ3) is 2.22. The third-order valence-electron chi connectivity index (χ3n) is 2.57. The highest BCUT2D eigenvalue weighted by Gasteiger charge is 2.11. The summed E-state index contributed by atoms with van der Waals surface area (Å²) >= 11 is 6.15. The SMILES string of the molecule is CCCn1cc(Cl)c2c(NC(=O)O)cccc21. The molecule has 1 aromatic carbocycles. The van der Waals surface area contributed by atoms with Gasteiger partial charge in [0.25, 0.3) is 0 Å². The summed E-state index contributed by atoms with van der Waals surface area (Å²) < 4.78 is 2.03. The van der Waals surface area contributed by atoms with Gasteiger partial charge < -0.3 is 9.67 Å². The molecule has 0 fully saturated rings. The van der Waals surface area contributed by atoms with Crippen molar-refractivity contribution in [1.29, 1.82) is 0 Å². The van der Waals surface area contributed by atoms with E-state index in [1.165, 1.54) is 0 Å². The van der Waals surface area contributed by atoms with Crippen molar-refractivity contribution in [3.05, 3.63) is 29.4 Å². The third-order valence-corrected chi connectivity index (χ3v) is 2.85. The number of nitrogens with one attached hydrogen (secondary N) is 1. The summed E-state index contributed by atoms with van der Waals surface area (Å²) in [6.07, 6.45) is 1.75. The van der Waals surface area contributed by atoms with E-state index in [4.69, 9.17) is 16.7 Å². The van der Waals surface area contributed by atoms with Crippen molar-refractivity contribution in [3.63, 3.8) is 0 Å². The quantitative estimate of drug-likeness (QED) is 0.873. The van der Waals surface area contributed by atoms with Gasteiger partial charge in [0.2, 0.25) is 0 Å². The van der Waals surface area contributed by atoms with Gasteiger partial charge in [0.1, 0.15) is 0 Å². The molecule has 0 aliphatic rings. The van der Waals surface area contributed by atoms with Crippen molar-refractivity contribution >= 4 is 34.3 Å². The lowest BCUT2D eigenvalue weighted by Gasteiger charge is -2.05. The number of fused-ring (bicyclic) bond motifs is 1. The zero-order chi connectivity index (χ0) is 12.4. The molecule has 4 nitrogen and oxygen atoms in total. The van der Waals surface area contributed by atoms with Crippen molar-refractivity contribution in [3.8, 4) is 0 Å². The molecule has 1 amide bonds. The average Bonchev–Trinajstić information content (AvgIpc) is 2.57. The minimum Gasteiger partial charge on any atom is -0.465 e. The van der Waals surface area contributed by atoms with E-state index in [2.05, 4.69) is 12.2 Å². The van der Waals surface area contributed by atoms with Crippen molar-refractivity contribution in [2.75, 3.05) is 5.32 Å². The molecule has 5 heteroatoms. The Hall–Kier alpha value is -1.68. The lowest BCUT2D eigenvalue weighted by atomic mass is 10.2. The summed E-state index contributed by atoms with van der Waals surface area (Å²) in [7, 11) is 0. The van der Waals surface area contributed by atoms with Gasteiger partial charge in [0.15, 0.2) is 0 Å². The van der Waals surface area contributed by atoms with E-state index in [0.29, 0.717) is 10.7 Å². The molecular formula is C12H13ClN2O2. The summed E-state index contributed by atoms with van der Waals surface area (Å²) in [5.74, 6) is 0. The zero-order valence-electron chi connectivity index (χ0n) is 9.40. The second-order valence-electron chi connectivity index (χ2n) is 3.80. The molecule has 0 spiro atoms. The van der Waals surface area contributed by atoms with Crippen LogP contribution in [0.15, 0.2) is 24.4 Å². The van der Waals surface area contributed by atoms with Gasteiger partial charge in [-0.25, -0.2) is 4.79 Å². The van der Waals surface area contributed by atoms with Crippen molar-refractivity contribution in [1.82, 2.24) is 4.57 Å². The molecule has 0 aliphatic carbocycles. The molecule has 0 bridgehead atoms. The van der Waals surface area contributed by atoms with Gasteiger partial charge in [-0.15, -0.1) is 0 Å². The number of nitrogens with zero attached hydrogens (tertiary/aromatic N) is 1. The van der Waals surface area contributed by atoms with Crippen LogP contribution in [0.5, 0.6) is 0 Å². The number of benzene rings is 1. The van der Waals surface area contributed by atoms with Crippen LogP contribution in [0.25, 0.3) is 10.9 Å². The summed E-state index contributed by atoms with van der Waals surface area (Å²) in [4.78, 5) is 10.7. The van der Waals surface area contributed by atoms with Gasteiger partial charge in [-0.05, 0) is 18.6 Å². The molecule has 2 N–H and O–H groups in total. The fourth-order valence-electron chi connectivity index (χ4n) is 1.95. The normalized spacial score (nSPS) is 10.7. The number of carbonyl (C=O) groups is 1. The Balaban J connectivity index is 2.59. The maximum Gasteiger partial charge on any atom is 0.409 e. The first-order valence-corrected chi connectivity index (χ1v) is 5.78. The molecule has 0 atom stereocenters. The Bertz CT molecular complexity index is 563. The van der Waals surface area contributed by atoms with Crippen LogP contribution < -0.4 is 5.32 Å². The van der Waals surface area contributed by atoms with E-state index in [0.717, 1.165) is 23.9 Å². The van der Waals surface area contributed by atoms with Crippen LogP contribution in [-0.2, 0) is 6.54 Å². The summed E-state index contributed by atoms with van der Waals surface area (Å²) in [6.45, 7) is 2.94. The Morgan fingerprint density at radius 3 is 2.94 bits per heavy atom. The van der Waals surface area contributed by atoms with E-state index in [1.54, 1.807) is 6.07 Å². The second-order valence-corrected chi connectivity index (χ2v) is 4.21. The Morgan fingerprint density at radius 1 is 1.53 bits per heavy atom. The molecule has 0 saturated carbocycles. The highest BCUT2D eigenvalue weighted by Crippen LogP contribution is 2.32. The Labute approximate surface area is 104 Å². The average molecular weight is 253 g/mol. The number of rotatable bonds is 3. The first-order valence-electron chi connectivity index (χ1n) is 5.40. The minimum atomic E-state index is -1.09. The van der Waals surface area contributed by atoms with E-state index < -0.39 is 6.09 Å². The van der Waals surface area contributed by atoms with Crippen LogP contribution in [-0.4, -0.2) is 15.8 Å². The predicted molar refractivity (Wildman–Crippen MR) is 68.9 cm³/mol. The maximum atomic E-state index is 10.7. The molecule has 1 heterocycles. The topological polar surface area (TPSA) is 54.3 Å². The maximum absolute atomic E-state index is 10.7. The van der Waals surface area contributed by atoms with E-state index in [-0.39, 0.29) is 0 Å². The van der Waals surface area contributed by atoms with Crippen molar-refractivity contribution < 1.29 is 9.90 Å². The molecule has 2 aromatic rings. The van der Waals surface area contributed by atoms with Gasteiger partial charge >= 0.3 is 6.09 Å². The molecule has 2 rings (SSSR count). The first-order chi connectivity index (χ1) is 8.13. The highest BCUT2D eigenvalue weighted by molar-refractivity contribution is 6.37. The molecule has 0 aliphatic heterocycles. The van der Waals surface area contributed by atoms with Crippen LogP contribution in [0.2, 0.25) is 5.02 Å². The molecule has 1 aromatic heterocycles. The predicted octanol–water partition coefficient (Wildman–Crippen LogP) is 3.79. The molecule has 0 unspecified atom stereocenters. The standard InChI is InChI=1S/C12H13ClN2O2/c1-2-6-15-7-8(13)11-9(14-12(16)17)4-3-5-10(11)15/h3-5,7,14H,2,6H2,1H3,(H,16,17). The minimum absolute atomic E-state index is 0.523. The number of aromatic nitrogens is 1. The summed E-state index contributed by atoms with van der Waals surface area (Å²) in [5.41, 5.74) is 1.47. The van der Waals surface area contributed by atoms with Crippen molar-refractivity contribution in [2.24, 2.45) is 0 Å². The lowest BCUT2D eigenvalue weighted by molar-refractivity contribution is 0.210. The fraction of sp³-hybridized carbons (Fsp3) is 0.250. The van der Waals surface area contributed by atoms with Gasteiger partial charge in [0.05, 0.1) is 16.2 Å². The number of halogens is 1. The van der Waals surface area contributed by atoms with Gasteiger partial charge in [-0.1, -0.05) is 24.6 Å². The van der Waals surface area contributed by atoms with E-state index in [1.807, 2.05) is 22.9 Å². The van der Waals surface area contributed by atoms with Gasteiger partial charge in [-0.3, -0.25) is 5.32 Å². The number of hydrogen-bond acceptors (Lipinski definition) is 1. The number of anilines is 1. The molecule has 0 radical (unpaired) electrons. The van der Waals surface area contributed by atoms with E-state index in [9.17, 15) is 4.79 Å². The first kappa shape index (κ1) is 11.8. The van der Waals surface area contributed by atoms with Gasteiger partial charge in [0, 0.05) is 18.1 Å². The molecular weight excluding hydrogens is 240 g/mol. The largest absolute Gasteiger partial charge is 0.465 e. The molecule has 17 heavy (non-hydrogen) atoms. The zero-order valence-corrected chi connectivity index (χ0v) is 10.2. The number of amides is 1. The van der Waals surface area contributed by atoms with Crippen molar-refractivity contribution in [2.45, 2.75) is 19.9 Å². The Morgan fingerprint density at radius 2 is 2.29 bits per heavy atom. The van der Waals surface area contributed by atoms with Crippen LogP contribution in [0.3, 0.4) is 0 Å². The monoisotopic (exact) mass is 252 g/mol. The smallest absolute Gasteiger partial charge is 0.409 e. The van der Waals surface area contributed by atoms with E-state index >= 15 is 0 Å². The lowest BCUT2D eigenvalue weighted by Crippen LogP contribution is -2.07. The number of carboxylic acid groups (broad SMARTS) is 1. The number of hydrogen-bond donors (Lipinski definition) is 2. The van der Waals surface area contributed by atoms with Crippen LogP contribution >= 0.6 is 11.6 Å². The second kappa shape index (κ2) is 4.67. The molecule has 90 valence electrons.